The van der Waals surface area contributed by atoms with Gasteiger partial charge in [-0.3, -0.25) is 4.79 Å². The number of carbonyl (C=O) groups excluding carboxylic acids is 1. The van der Waals surface area contributed by atoms with Gasteiger partial charge in [-0.05, 0) is 23.6 Å². The van der Waals surface area contributed by atoms with E-state index in [4.69, 9.17) is 5.73 Å². The number of amides is 1. The molecule has 0 atom stereocenters. The van der Waals surface area contributed by atoms with Gasteiger partial charge in [-0.15, -0.1) is 0 Å². The molecule has 0 bridgehead atoms. The van der Waals surface area contributed by atoms with Crippen LogP contribution >= 0.6 is 0 Å². The van der Waals surface area contributed by atoms with E-state index in [0.29, 0.717) is 11.1 Å². The summed E-state index contributed by atoms with van der Waals surface area (Å²) >= 11 is 0. The maximum Gasteiger partial charge on any atom is 0.248 e. The molecule has 18 heavy (non-hydrogen) atoms. The fourth-order valence-corrected chi connectivity index (χ4v) is 2.17. The van der Waals surface area contributed by atoms with Gasteiger partial charge in [0.15, 0.2) is 9.84 Å². The maximum atomic E-state index is 11.4. The maximum absolute atomic E-state index is 11.4. The Morgan fingerprint density at radius 2 is 1.72 bits per heavy atom. The van der Waals surface area contributed by atoms with Gasteiger partial charge in [0, 0.05) is 11.8 Å². The van der Waals surface area contributed by atoms with Crippen LogP contribution in [0.1, 0.15) is 19.4 Å². The summed E-state index contributed by atoms with van der Waals surface area (Å²) in [6.07, 6.45) is 2.90. The summed E-state index contributed by atoms with van der Waals surface area (Å²) in [4.78, 5) is 11.6. The van der Waals surface area contributed by atoms with Gasteiger partial charge in [0.25, 0.3) is 0 Å². The van der Waals surface area contributed by atoms with Gasteiger partial charge >= 0.3 is 0 Å². The van der Waals surface area contributed by atoms with Crippen LogP contribution in [0.3, 0.4) is 0 Å². The topological polar surface area (TPSA) is 77.2 Å². The second-order valence-corrected chi connectivity index (χ2v) is 6.50. The molecule has 4 nitrogen and oxygen atoms in total. The molecule has 0 fully saturated rings. The molecule has 0 aliphatic rings. The normalized spacial score (nSPS) is 12.8. The molecule has 1 aromatic carbocycles. The predicted octanol–water partition coefficient (Wildman–Crippen LogP) is 1.61. The number of benzene rings is 1. The van der Waals surface area contributed by atoms with Crippen molar-refractivity contribution < 1.29 is 13.2 Å². The smallest absolute Gasteiger partial charge is 0.248 e. The Kier molecular flexibility index (Phi) is 4.29. The number of primary amides is 1. The highest BCUT2D eigenvalue weighted by Gasteiger charge is 2.11. The first-order valence-electron chi connectivity index (χ1n) is 5.54. The molecule has 0 unspecified atom stereocenters. The van der Waals surface area contributed by atoms with Crippen molar-refractivity contribution in [1.29, 1.82) is 0 Å². The van der Waals surface area contributed by atoms with Crippen LogP contribution in [0.4, 0.5) is 0 Å². The van der Waals surface area contributed by atoms with Crippen molar-refractivity contribution in [3.8, 4) is 0 Å². The van der Waals surface area contributed by atoms with Crippen molar-refractivity contribution in [1.82, 2.24) is 0 Å². The molecule has 2 N–H and O–H groups in total. The zero-order valence-corrected chi connectivity index (χ0v) is 11.5. The molecule has 0 saturated carbocycles. The highest BCUT2D eigenvalue weighted by atomic mass is 32.2. The minimum absolute atomic E-state index is 0.182. The molecular formula is C13H17NO3S. The van der Waals surface area contributed by atoms with E-state index in [0.717, 1.165) is 6.26 Å². The second-order valence-electron chi connectivity index (χ2n) is 4.49. The number of sulfone groups is 1. The van der Waals surface area contributed by atoms with E-state index in [9.17, 15) is 13.2 Å². The number of hydrogen-bond acceptors (Lipinski definition) is 3. The average Bonchev–Trinajstić information content (AvgIpc) is 2.24. The molecule has 1 aromatic rings. The number of allylic oxidation sites excluding steroid dienone is 1. The Labute approximate surface area is 107 Å². The molecule has 0 aliphatic heterocycles. The van der Waals surface area contributed by atoms with E-state index in [1.807, 2.05) is 13.8 Å². The fraction of sp³-hybridized carbons (Fsp3) is 0.308. The standard InChI is InChI=1S/C13H17NO3S/c1-9(2)8-12(13(14)15)10-4-6-11(7-5-10)18(3,16)17/h4-9H,1-3H3,(H2,14,15). The van der Waals surface area contributed by atoms with Crippen LogP contribution < -0.4 is 5.73 Å². The van der Waals surface area contributed by atoms with Gasteiger partial charge in [0.05, 0.1) is 4.90 Å². The highest BCUT2D eigenvalue weighted by Crippen LogP contribution is 2.19. The van der Waals surface area contributed by atoms with Crippen LogP contribution in [0.25, 0.3) is 5.57 Å². The average molecular weight is 267 g/mol. The van der Waals surface area contributed by atoms with E-state index in [2.05, 4.69) is 0 Å². The number of carbonyl (C=O) groups is 1. The summed E-state index contributed by atoms with van der Waals surface area (Å²) in [6, 6.07) is 6.13. The summed E-state index contributed by atoms with van der Waals surface area (Å²) in [6.45, 7) is 3.88. The van der Waals surface area contributed by atoms with Crippen molar-refractivity contribution >= 4 is 21.3 Å². The first kappa shape index (κ1) is 14.4. The summed E-state index contributed by atoms with van der Waals surface area (Å²) in [7, 11) is -3.22. The zero-order valence-electron chi connectivity index (χ0n) is 10.7. The van der Waals surface area contributed by atoms with Crippen molar-refractivity contribution in [2.24, 2.45) is 11.7 Å². The fourth-order valence-electron chi connectivity index (χ4n) is 1.54. The van der Waals surface area contributed by atoms with E-state index in [-0.39, 0.29) is 10.8 Å². The van der Waals surface area contributed by atoms with Crippen LogP contribution in [0.5, 0.6) is 0 Å². The van der Waals surface area contributed by atoms with Gasteiger partial charge < -0.3 is 5.73 Å². The van der Waals surface area contributed by atoms with E-state index in [1.54, 1.807) is 18.2 Å². The van der Waals surface area contributed by atoms with Crippen LogP contribution in [-0.2, 0) is 14.6 Å². The highest BCUT2D eigenvalue weighted by molar-refractivity contribution is 7.90. The minimum atomic E-state index is -3.22. The molecule has 5 heteroatoms. The third-order valence-corrected chi connectivity index (χ3v) is 3.49. The lowest BCUT2D eigenvalue weighted by Crippen LogP contribution is -2.13. The molecule has 0 heterocycles. The zero-order chi connectivity index (χ0) is 13.9. The molecular weight excluding hydrogens is 250 g/mol. The van der Waals surface area contributed by atoms with E-state index < -0.39 is 15.7 Å². The van der Waals surface area contributed by atoms with E-state index >= 15 is 0 Å². The molecule has 98 valence electrons. The SMILES string of the molecule is CC(C)C=C(C(N)=O)c1ccc(S(C)(=O)=O)cc1. The van der Waals surface area contributed by atoms with Gasteiger partial charge in [-0.1, -0.05) is 32.1 Å². The molecule has 0 saturated heterocycles. The Morgan fingerprint density at radius 1 is 1.22 bits per heavy atom. The van der Waals surface area contributed by atoms with Gasteiger partial charge in [0.1, 0.15) is 0 Å². The molecule has 0 spiro atoms. The Balaban J connectivity index is 3.22. The Morgan fingerprint density at radius 3 is 2.06 bits per heavy atom. The third kappa shape index (κ3) is 3.70. The predicted molar refractivity (Wildman–Crippen MR) is 71.6 cm³/mol. The summed E-state index contributed by atoms with van der Waals surface area (Å²) in [5.74, 6) is -0.335. The molecule has 0 aliphatic carbocycles. The number of rotatable bonds is 4. The Hall–Kier alpha value is -1.62. The number of nitrogens with two attached hydrogens (primary N) is 1. The monoisotopic (exact) mass is 267 g/mol. The summed E-state index contributed by atoms with van der Waals surface area (Å²) in [5.41, 5.74) is 6.35. The van der Waals surface area contributed by atoms with Crippen LogP contribution in [-0.4, -0.2) is 20.6 Å². The van der Waals surface area contributed by atoms with Crippen molar-refractivity contribution in [3.05, 3.63) is 35.9 Å². The quantitative estimate of drug-likeness (QED) is 0.842. The number of hydrogen-bond donors (Lipinski definition) is 1. The van der Waals surface area contributed by atoms with Crippen LogP contribution in [0, 0.1) is 5.92 Å². The Bertz CT molecular complexity index is 569. The van der Waals surface area contributed by atoms with Gasteiger partial charge in [0.2, 0.25) is 5.91 Å². The minimum Gasteiger partial charge on any atom is -0.366 e. The molecule has 1 amide bonds. The molecule has 0 aromatic heterocycles. The van der Waals surface area contributed by atoms with Crippen molar-refractivity contribution in [2.75, 3.05) is 6.26 Å². The third-order valence-electron chi connectivity index (χ3n) is 2.36. The van der Waals surface area contributed by atoms with Gasteiger partial charge in [-0.2, -0.15) is 0 Å². The lowest BCUT2D eigenvalue weighted by atomic mass is 10.0. The van der Waals surface area contributed by atoms with Crippen molar-refractivity contribution in [2.45, 2.75) is 18.7 Å². The summed E-state index contributed by atoms with van der Waals surface area (Å²) < 4.78 is 22.6. The van der Waals surface area contributed by atoms with Crippen LogP contribution in [0.2, 0.25) is 0 Å². The van der Waals surface area contributed by atoms with Crippen molar-refractivity contribution in [3.63, 3.8) is 0 Å². The first-order valence-corrected chi connectivity index (χ1v) is 7.43. The van der Waals surface area contributed by atoms with Gasteiger partial charge in [-0.25, -0.2) is 8.42 Å². The first-order chi connectivity index (χ1) is 8.21. The largest absolute Gasteiger partial charge is 0.366 e. The van der Waals surface area contributed by atoms with E-state index in [1.165, 1.54) is 12.1 Å². The summed E-state index contributed by atoms with van der Waals surface area (Å²) in [5, 5.41) is 0. The molecule has 1 rings (SSSR count). The second kappa shape index (κ2) is 5.35. The van der Waals surface area contributed by atoms with Crippen LogP contribution in [0.15, 0.2) is 35.2 Å². The lowest BCUT2D eigenvalue weighted by molar-refractivity contribution is -0.112. The molecule has 0 radical (unpaired) electrons. The lowest BCUT2D eigenvalue weighted by Gasteiger charge is -2.06.